The van der Waals surface area contributed by atoms with E-state index in [1.807, 2.05) is 24.3 Å². The van der Waals surface area contributed by atoms with Gasteiger partial charge in [0.05, 0.1) is 11.6 Å². The molecule has 4 aliphatic heterocycles. The summed E-state index contributed by atoms with van der Waals surface area (Å²) >= 11 is 0. The number of hydrogen-bond acceptors (Lipinski definition) is 6. The molecule has 0 unspecified atom stereocenters. The molecule has 2 aromatic rings. The fraction of sp³-hybridized carbons (Fsp3) is 0.375. The summed E-state index contributed by atoms with van der Waals surface area (Å²) in [6.45, 7) is 2.29. The molecule has 4 heterocycles. The summed E-state index contributed by atoms with van der Waals surface area (Å²) in [6.07, 6.45) is 2.56. The summed E-state index contributed by atoms with van der Waals surface area (Å²) in [7, 11) is 0. The van der Waals surface area contributed by atoms with E-state index in [0.717, 1.165) is 30.6 Å². The predicted molar refractivity (Wildman–Crippen MR) is 116 cm³/mol. The van der Waals surface area contributed by atoms with Gasteiger partial charge in [-0.05, 0) is 44.9 Å². The van der Waals surface area contributed by atoms with Gasteiger partial charge in [-0.3, -0.25) is 19.3 Å². The van der Waals surface area contributed by atoms with Crippen LogP contribution in [0.25, 0.3) is 0 Å². The SMILES string of the molecule is CC(=O)c1cc2c(cc1NC(=O)[C@@H]1C[C@H]3CCCN3[C@]13C(=O)Nc1ccccc13)OCO2. The van der Waals surface area contributed by atoms with E-state index >= 15 is 0 Å². The number of anilines is 2. The standard InChI is InChI=1S/C24H23N3O5/c1-13(28)15-10-20-21(32-12-31-20)11-19(15)25-22(29)17-9-14-5-4-8-27(14)24(17)16-6-2-3-7-18(16)26-23(24)30/h2-3,6-7,10-11,14,17H,4-5,8-9,12H2,1H3,(H,25,29)(H,26,30)/t14-,17+,24+/m1/s1. The number of hydrogen-bond donors (Lipinski definition) is 2. The Morgan fingerprint density at radius 2 is 1.97 bits per heavy atom. The number of rotatable bonds is 3. The van der Waals surface area contributed by atoms with Gasteiger partial charge in [0.25, 0.3) is 0 Å². The third-order valence-electron chi connectivity index (χ3n) is 7.24. The highest BCUT2D eigenvalue weighted by Gasteiger charge is 2.65. The Morgan fingerprint density at radius 3 is 2.78 bits per heavy atom. The summed E-state index contributed by atoms with van der Waals surface area (Å²) in [5.74, 6) is -0.231. The molecule has 2 N–H and O–H groups in total. The molecular weight excluding hydrogens is 410 g/mol. The molecular formula is C24H23N3O5. The van der Waals surface area contributed by atoms with Crippen molar-refractivity contribution in [1.82, 2.24) is 4.90 Å². The van der Waals surface area contributed by atoms with Gasteiger partial charge in [-0.2, -0.15) is 0 Å². The van der Waals surface area contributed by atoms with E-state index in [-0.39, 0.29) is 30.4 Å². The fourth-order valence-corrected chi connectivity index (χ4v) is 5.94. The number of carbonyl (C=O) groups is 3. The van der Waals surface area contributed by atoms with Crippen molar-refractivity contribution in [3.63, 3.8) is 0 Å². The number of nitrogens with zero attached hydrogens (tertiary/aromatic N) is 1. The summed E-state index contributed by atoms with van der Waals surface area (Å²) < 4.78 is 10.8. The lowest BCUT2D eigenvalue weighted by atomic mass is 9.78. The lowest BCUT2D eigenvalue weighted by Gasteiger charge is -2.36. The van der Waals surface area contributed by atoms with E-state index in [0.29, 0.717) is 29.2 Å². The zero-order chi connectivity index (χ0) is 22.0. The molecule has 8 nitrogen and oxygen atoms in total. The van der Waals surface area contributed by atoms with Crippen molar-refractivity contribution in [2.24, 2.45) is 5.92 Å². The first kappa shape index (κ1) is 19.3. The molecule has 2 amide bonds. The molecule has 4 aliphatic rings. The summed E-state index contributed by atoms with van der Waals surface area (Å²) in [6, 6.07) is 11.0. The van der Waals surface area contributed by atoms with Crippen LogP contribution in [0.4, 0.5) is 11.4 Å². The van der Waals surface area contributed by atoms with Crippen molar-refractivity contribution >= 4 is 29.0 Å². The second-order valence-electron chi connectivity index (χ2n) is 8.84. The summed E-state index contributed by atoms with van der Waals surface area (Å²) in [5.41, 5.74) is 1.31. The molecule has 2 saturated heterocycles. The molecule has 0 saturated carbocycles. The molecule has 0 radical (unpaired) electrons. The second kappa shape index (κ2) is 6.80. The number of ketones is 1. The van der Waals surface area contributed by atoms with Crippen LogP contribution in [0, 0.1) is 5.92 Å². The number of fused-ring (bicyclic) bond motifs is 5. The minimum atomic E-state index is -1.03. The third kappa shape index (κ3) is 2.50. The van der Waals surface area contributed by atoms with Gasteiger partial charge < -0.3 is 20.1 Å². The van der Waals surface area contributed by atoms with Crippen LogP contribution in [0.1, 0.15) is 42.1 Å². The molecule has 0 bridgehead atoms. The largest absolute Gasteiger partial charge is 0.454 e. The van der Waals surface area contributed by atoms with Crippen molar-refractivity contribution < 1.29 is 23.9 Å². The number of amides is 2. The maximum absolute atomic E-state index is 13.7. The van der Waals surface area contributed by atoms with Crippen LogP contribution < -0.4 is 20.1 Å². The minimum absolute atomic E-state index is 0.0728. The van der Waals surface area contributed by atoms with E-state index in [9.17, 15) is 14.4 Å². The van der Waals surface area contributed by atoms with Gasteiger partial charge >= 0.3 is 0 Å². The topological polar surface area (TPSA) is 97.0 Å². The van der Waals surface area contributed by atoms with E-state index < -0.39 is 11.5 Å². The number of carbonyl (C=O) groups excluding carboxylic acids is 3. The van der Waals surface area contributed by atoms with Crippen LogP contribution in [0.2, 0.25) is 0 Å². The van der Waals surface area contributed by atoms with Gasteiger partial charge in [0, 0.05) is 28.9 Å². The van der Waals surface area contributed by atoms with Gasteiger partial charge in [-0.15, -0.1) is 0 Å². The molecule has 1 spiro atoms. The Labute approximate surface area is 184 Å². The molecule has 8 heteroatoms. The first-order chi connectivity index (χ1) is 15.5. The smallest absolute Gasteiger partial charge is 0.250 e. The Morgan fingerprint density at radius 1 is 1.19 bits per heavy atom. The third-order valence-corrected chi connectivity index (χ3v) is 7.24. The first-order valence-corrected chi connectivity index (χ1v) is 10.9. The molecule has 3 atom stereocenters. The predicted octanol–water partition coefficient (Wildman–Crippen LogP) is 2.89. The number of benzene rings is 2. The monoisotopic (exact) mass is 433 g/mol. The van der Waals surface area contributed by atoms with Gasteiger partial charge in [0.1, 0.15) is 5.54 Å². The number of nitrogens with one attached hydrogen (secondary N) is 2. The lowest BCUT2D eigenvalue weighted by Crippen LogP contribution is -2.53. The molecule has 164 valence electrons. The Balaban J connectivity index is 1.42. The fourth-order valence-electron chi connectivity index (χ4n) is 5.94. The lowest BCUT2D eigenvalue weighted by molar-refractivity contribution is -0.135. The van der Waals surface area contributed by atoms with Crippen molar-refractivity contribution in [3.05, 3.63) is 47.5 Å². The maximum Gasteiger partial charge on any atom is 0.250 e. The van der Waals surface area contributed by atoms with Crippen molar-refractivity contribution in [2.45, 2.75) is 37.8 Å². The summed E-state index contributed by atoms with van der Waals surface area (Å²) in [5, 5.41) is 5.96. The van der Waals surface area contributed by atoms with Crippen LogP contribution in [0.5, 0.6) is 11.5 Å². The van der Waals surface area contributed by atoms with Crippen molar-refractivity contribution in [1.29, 1.82) is 0 Å². The second-order valence-corrected chi connectivity index (χ2v) is 8.84. The molecule has 2 fully saturated rings. The highest BCUT2D eigenvalue weighted by atomic mass is 16.7. The molecule has 6 rings (SSSR count). The van der Waals surface area contributed by atoms with Crippen LogP contribution in [-0.4, -0.2) is 41.9 Å². The highest BCUT2D eigenvalue weighted by Crippen LogP contribution is 2.55. The Hall–Kier alpha value is -3.39. The van der Waals surface area contributed by atoms with E-state index in [2.05, 4.69) is 15.5 Å². The van der Waals surface area contributed by atoms with E-state index in [1.165, 1.54) is 6.92 Å². The molecule has 32 heavy (non-hydrogen) atoms. The van der Waals surface area contributed by atoms with Crippen molar-refractivity contribution in [3.8, 4) is 11.5 Å². The van der Waals surface area contributed by atoms with Gasteiger partial charge in [0.2, 0.25) is 18.6 Å². The van der Waals surface area contributed by atoms with Crippen molar-refractivity contribution in [2.75, 3.05) is 24.0 Å². The van der Waals surface area contributed by atoms with Crippen LogP contribution in [0.3, 0.4) is 0 Å². The zero-order valence-electron chi connectivity index (χ0n) is 17.6. The maximum atomic E-state index is 13.7. The molecule has 0 aliphatic carbocycles. The van der Waals surface area contributed by atoms with Gasteiger partial charge in [-0.1, -0.05) is 18.2 Å². The zero-order valence-corrected chi connectivity index (χ0v) is 17.6. The van der Waals surface area contributed by atoms with Crippen LogP contribution in [0.15, 0.2) is 36.4 Å². The Bertz CT molecular complexity index is 1180. The average molecular weight is 433 g/mol. The quantitative estimate of drug-likeness (QED) is 0.723. The first-order valence-electron chi connectivity index (χ1n) is 10.9. The average Bonchev–Trinajstić information content (AvgIpc) is 3.52. The van der Waals surface area contributed by atoms with Gasteiger partial charge in [0.15, 0.2) is 17.3 Å². The number of para-hydroxylation sites is 1. The van der Waals surface area contributed by atoms with E-state index in [1.54, 1.807) is 12.1 Å². The van der Waals surface area contributed by atoms with Gasteiger partial charge in [-0.25, -0.2) is 0 Å². The van der Waals surface area contributed by atoms with Crippen LogP contribution in [-0.2, 0) is 15.1 Å². The Kier molecular flexibility index (Phi) is 4.10. The molecule has 0 aromatic heterocycles. The minimum Gasteiger partial charge on any atom is -0.454 e. The highest BCUT2D eigenvalue weighted by molar-refractivity contribution is 6.12. The number of Topliss-reactive ketones (excluding diaryl/α,β-unsaturated/α-hetero) is 1. The van der Waals surface area contributed by atoms with E-state index in [4.69, 9.17) is 9.47 Å². The summed E-state index contributed by atoms with van der Waals surface area (Å²) in [4.78, 5) is 41.7. The number of ether oxygens (including phenoxy) is 2. The normalized spacial score (nSPS) is 27.3. The molecule has 2 aromatic carbocycles. The van der Waals surface area contributed by atoms with Crippen LogP contribution >= 0.6 is 0 Å².